The number of aryl methyl sites for hydroxylation is 2. The topological polar surface area (TPSA) is 20.2 Å². The average molecular weight is 176 g/mol. The first kappa shape index (κ1) is 10.0. The van der Waals surface area contributed by atoms with Crippen LogP contribution in [0.25, 0.3) is 6.08 Å². The lowest BCUT2D eigenvalue weighted by Gasteiger charge is -2.01. The first-order valence-electron chi connectivity index (χ1n) is 4.53. The van der Waals surface area contributed by atoms with Crippen LogP contribution in [0.4, 0.5) is 0 Å². The molecule has 0 spiro atoms. The van der Waals surface area contributed by atoms with Crippen molar-refractivity contribution in [2.75, 3.05) is 0 Å². The number of aliphatic hydroxyl groups excluding tert-OH is 1. The smallest absolute Gasteiger partial charge is 0.0696 e. The number of benzene rings is 1. The van der Waals surface area contributed by atoms with E-state index in [0.29, 0.717) is 0 Å². The minimum absolute atomic E-state index is 0.374. The lowest BCUT2D eigenvalue weighted by Crippen LogP contribution is -1.91. The molecule has 1 nitrogen and oxygen atoms in total. The maximum atomic E-state index is 9.05. The highest BCUT2D eigenvalue weighted by Crippen LogP contribution is 2.11. The first-order valence-corrected chi connectivity index (χ1v) is 4.53. The molecule has 70 valence electrons. The van der Waals surface area contributed by atoms with Crippen molar-refractivity contribution >= 4 is 6.08 Å². The third-order valence-electron chi connectivity index (χ3n) is 2.10. The molecule has 1 rings (SSSR count). The van der Waals surface area contributed by atoms with Crippen LogP contribution >= 0.6 is 0 Å². The van der Waals surface area contributed by atoms with E-state index in [1.165, 1.54) is 11.1 Å². The van der Waals surface area contributed by atoms with E-state index >= 15 is 0 Å². The van der Waals surface area contributed by atoms with Gasteiger partial charge in [-0.3, -0.25) is 0 Å². The fraction of sp³-hybridized carbons (Fsp3) is 0.333. The molecule has 0 amide bonds. The summed E-state index contributed by atoms with van der Waals surface area (Å²) in [6.45, 7) is 5.93. The van der Waals surface area contributed by atoms with Crippen LogP contribution in [0.15, 0.2) is 24.3 Å². The van der Waals surface area contributed by atoms with Gasteiger partial charge in [-0.15, -0.1) is 0 Å². The Hall–Kier alpha value is -1.08. The molecule has 1 atom stereocenters. The molecular weight excluding hydrogens is 160 g/mol. The minimum atomic E-state index is -0.374. The molecule has 0 aliphatic heterocycles. The number of rotatable bonds is 2. The molecule has 1 unspecified atom stereocenters. The fourth-order valence-corrected chi connectivity index (χ4v) is 1.12. The van der Waals surface area contributed by atoms with E-state index in [4.69, 9.17) is 5.11 Å². The van der Waals surface area contributed by atoms with Crippen molar-refractivity contribution in [1.29, 1.82) is 0 Å². The highest BCUT2D eigenvalue weighted by Gasteiger charge is 1.93. The largest absolute Gasteiger partial charge is 0.389 e. The third kappa shape index (κ3) is 3.03. The quantitative estimate of drug-likeness (QED) is 0.734. The Morgan fingerprint density at radius 2 is 1.92 bits per heavy atom. The van der Waals surface area contributed by atoms with Gasteiger partial charge in [0.2, 0.25) is 0 Å². The van der Waals surface area contributed by atoms with Gasteiger partial charge in [0.25, 0.3) is 0 Å². The molecule has 0 bridgehead atoms. The summed E-state index contributed by atoms with van der Waals surface area (Å²) < 4.78 is 0. The van der Waals surface area contributed by atoms with Crippen molar-refractivity contribution < 1.29 is 5.11 Å². The van der Waals surface area contributed by atoms with Gasteiger partial charge < -0.3 is 5.11 Å². The summed E-state index contributed by atoms with van der Waals surface area (Å²) >= 11 is 0. The lowest BCUT2D eigenvalue weighted by atomic mass is 10.1. The summed E-state index contributed by atoms with van der Waals surface area (Å²) in [4.78, 5) is 0. The van der Waals surface area contributed by atoms with Crippen LogP contribution in [0.3, 0.4) is 0 Å². The number of hydrogen-bond acceptors (Lipinski definition) is 1. The van der Waals surface area contributed by atoms with Crippen molar-refractivity contribution in [3.8, 4) is 0 Å². The molecule has 0 aliphatic rings. The summed E-state index contributed by atoms with van der Waals surface area (Å²) in [6, 6.07) is 6.27. The maximum absolute atomic E-state index is 9.05. The third-order valence-corrected chi connectivity index (χ3v) is 2.10. The van der Waals surface area contributed by atoms with Crippen LogP contribution in [-0.2, 0) is 0 Å². The van der Waals surface area contributed by atoms with Crippen molar-refractivity contribution in [3.63, 3.8) is 0 Å². The second kappa shape index (κ2) is 4.24. The molecule has 0 heterocycles. The fourth-order valence-electron chi connectivity index (χ4n) is 1.12. The second-order valence-electron chi connectivity index (χ2n) is 3.44. The summed E-state index contributed by atoms with van der Waals surface area (Å²) in [5.41, 5.74) is 3.73. The van der Waals surface area contributed by atoms with E-state index in [9.17, 15) is 0 Å². The maximum Gasteiger partial charge on any atom is 0.0696 e. The van der Waals surface area contributed by atoms with E-state index in [-0.39, 0.29) is 6.10 Å². The zero-order valence-corrected chi connectivity index (χ0v) is 8.41. The van der Waals surface area contributed by atoms with Crippen molar-refractivity contribution in [3.05, 3.63) is 41.0 Å². The second-order valence-corrected chi connectivity index (χ2v) is 3.44. The van der Waals surface area contributed by atoms with Gasteiger partial charge in [0.15, 0.2) is 0 Å². The Balaban J connectivity index is 2.85. The molecule has 13 heavy (non-hydrogen) atoms. The monoisotopic (exact) mass is 176 g/mol. The Morgan fingerprint density at radius 3 is 2.46 bits per heavy atom. The van der Waals surface area contributed by atoms with E-state index in [1.807, 2.05) is 6.08 Å². The zero-order chi connectivity index (χ0) is 9.84. The summed E-state index contributed by atoms with van der Waals surface area (Å²) in [5.74, 6) is 0. The van der Waals surface area contributed by atoms with Gasteiger partial charge in [0.1, 0.15) is 0 Å². The summed E-state index contributed by atoms with van der Waals surface area (Å²) in [6.07, 6.45) is 3.35. The summed E-state index contributed by atoms with van der Waals surface area (Å²) in [5, 5.41) is 9.05. The van der Waals surface area contributed by atoms with Gasteiger partial charge in [0, 0.05) is 0 Å². The molecule has 0 saturated heterocycles. The van der Waals surface area contributed by atoms with Crippen molar-refractivity contribution in [2.45, 2.75) is 26.9 Å². The van der Waals surface area contributed by atoms with Crippen LogP contribution in [0.5, 0.6) is 0 Å². The molecule has 0 fully saturated rings. The Morgan fingerprint density at radius 1 is 1.23 bits per heavy atom. The van der Waals surface area contributed by atoms with Gasteiger partial charge in [-0.1, -0.05) is 30.4 Å². The molecule has 0 saturated carbocycles. The number of aliphatic hydroxyl groups is 1. The lowest BCUT2D eigenvalue weighted by molar-refractivity contribution is 0.245. The van der Waals surface area contributed by atoms with Gasteiger partial charge in [-0.2, -0.15) is 0 Å². The van der Waals surface area contributed by atoms with Gasteiger partial charge >= 0.3 is 0 Å². The highest BCUT2D eigenvalue weighted by atomic mass is 16.3. The summed E-state index contributed by atoms with van der Waals surface area (Å²) in [7, 11) is 0. The first-order chi connectivity index (χ1) is 6.09. The molecule has 0 radical (unpaired) electrons. The Labute approximate surface area is 79.7 Å². The van der Waals surface area contributed by atoms with Crippen LogP contribution in [0.1, 0.15) is 23.6 Å². The van der Waals surface area contributed by atoms with Gasteiger partial charge in [0.05, 0.1) is 6.10 Å². The van der Waals surface area contributed by atoms with E-state index in [0.717, 1.165) is 5.56 Å². The molecule has 1 aromatic carbocycles. The molecule has 0 aromatic heterocycles. The average Bonchev–Trinajstić information content (AvgIpc) is 2.07. The zero-order valence-electron chi connectivity index (χ0n) is 8.41. The predicted molar refractivity (Wildman–Crippen MR) is 56.6 cm³/mol. The van der Waals surface area contributed by atoms with Crippen molar-refractivity contribution in [2.24, 2.45) is 0 Å². The standard InChI is InChI=1S/C12H16O/c1-9-4-6-12(8-10(9)2)7-5-11(3)13/h4-8,11,13H,1-3H3/b7-5+. The van der Waals surface area contributed by atoms with Crippen LogP contribution in [-0.4, -0.2) is 11.2 Å². The van der Waals surface area contributed by atoms with Gasteiger partial charge in [-0.05, 0) is 37.5 Å². The van der Waals surface area contributed by atoms with Gasteiger partial charge in [-0.25, -0.2) is 0 Å². The van der Waals surface area contributed by atoms with Crippen LogP contribution < -0.4 is 0 Å². The molecule has 1 N–H and O–H groups in total. The van der Waals surface area contributed by atoms with Crippen molar-refractivity contribution in [1.82, 2.24) is 0 Å². The molecule has 1 aromatic rings. The van der Waals surface area contributed by atoms with E-state index in [2.05, 4.69) is 32.0 Å². The molecular formula is C12H16O. The normalized spacial score (nSPS) is 13.5. The minimum Gasteiger partial charge on any atom is -0.389 e. The van der Waals surface area contributed by atoms with Crippen LogP contribution in [0.2, 0.25) is 0 Å². The highest BCUT2D eigenvalue weighted by molar-refractivity contribution is 5.51. The SMILES string of the molecule is Cc1ccc(/C=C/C(C)O)cc1C. The molecule has 0 aliphatic carbocycles. The van der Waals surface area contributed by atoms with E-state index < -0.39 is 0 Å². The Kier molecular flexibility index (Phi) is 3.26. The van der Waals surface area contributed by atoms with E-state index in [1.54, 1.807) is 13.0 Å². The Bertz CT molecular complexity index is 311. The molecule has 1 heteroatoms. The number of hydrogen-bond donors (Lipinski definition) is 1. The predicted octanol–water partition coefficient (Wildman–Crippen LogP) is 2.70. The van der Waals surface area contributed by atoms with Crippen LogP contribution in [0, 0.1) is 13.8 Å².